The maximum absolute atomic E-state index is 3.34. The molecule has 34 heavy (non-hydrogen) atoms. The van der Waals surface area contributed by atoms with E-state index in [1.165, 1.54) is 45.3 Å². The minimum Gasteiger partial charge on any atom is -0.388 e. The van der Waals surface area contributed by atoms with Crippen LogP contribution in [0.4, 0.5) is 17.1 Å². The highest BCUT2D eigenvalue weighted by Crippen LogP contribution is 2.39. The van der Waals surface area contributed by atoms with Gasteiger partial charge in [0.15, 0.2) is 0 Å². The largest absolute Gasteiger partial charge is 0.388 e. The summed E-state index contributed by atoms with van der Waals surface area (Å²) in [5.41, 5.74) is 7.49. The lowest BCUT2D eigenvalue weighted by atomic mass is 9.82. The molecular weight excluding hydrogens is 414 g/mol. The molecule has 0 unspecified atom stereocenters. The predicted molar refractivity (Wildman–Crippen MR) is 152 cm³/mol. The van der Waals surface area contributed by atoms with Gasteiger partial charge in [0.25, 0.3) is 0 Å². The molecule has 0 saturated heterocycles. The summed E-state index contributed by atoms with van der Waals surface area (Å²) in [6.07, 6.45) is 1.25. The van der Waals surface area contributed by atoms with Crippen molar-refractivity contribution in [1.29, 1.82) is 0 Å². The van der Waals surface area contributed by atoms with Gasteiger partial charge in [-0.3, -0.25) is 0 Å². The number of benzene rings is 4. The van der Waals surface area contributed by atoms with Crippen molar-refractivity contribution in [3.8, 4) is 0 Å². The van der Waals surface area contributed by atoms with Crippen molar-refractivity contribution in [2.75, 3.05) is 50.4 Å². The summed E-state index contributed by atoms with van der Waals surface area (Å²) in [5.74, 6) is 0.156. The summed E-state index contributed by atoms with van der Waals surface area (Å²) in [5, 5.41) is 5.88. The minimum atomic E-state index is 0.156. The summed E-state index contributed by atoms with van der Waals surface area (Å²) in [7, 11) is 10.3. The van der Waals surface area contributed by atoms with E-state index in [1.807, 2.05) is 7.05 Å². The zero-order chi connectivity index (χ0) is 24.7. The molecule has 4 rings (SSSR count). The van der Waals surface area contributed by atoms with Crippen LogP contribution in [-0.4, -0.2) is 35.2 Å². The fourth-order valence-electron chi connectivity index (χ4n) is 4.27. The van der Waals surface area contributed by atoms with Crippen LogP contribution in [0.2, 0.25) is 0 Å². The van der Waals surface area contributed by atoms with Crippen molar-refractivity contribution in [3.05, 3.63) is 102 Å². The molecule has 1 N–H and O–H groups in total. The second-order valence-electron chi connectivity index (χ2n) is 9.11. The third kappa shape index (κ3) is 5.53. The molecule has 0 aromatic heterocycles. The average molecular weight is 454 g/mol. The number of fused-ring (bicyclic) bond motifs is 1. The van der Waals surface area contributed by atoms with Crippen LogP contribution >= 0.6 is 0 Å². The molecule has 0 aliphatic carbocycles. The van der Waals surface area contributed by atoms with Gasteiger partial charge in [0.1, 0.15) is 0 Å². The van der Waals surface area contributed by atoms with E-state index in [0.717, 1.165) is 5.69 Å². The fraction of sp³-hybridized carbons (Fsp3) is 0.290. The summed E-state index contributed by atoms with van der Waals surface area (Å²) in [6.45, 7) is 4.25. The van der Waals surface area contributed by atoms with Gasteiger partial charge in [0, 0.05) is 63.6 Å². The van der Waals surface area contributed by atoms with Crippen LogP contribution in [0.25, 0.3) is 10.8 Å². The Morgan fingerprint density at radius 3 is 1.47 bits per heavy atom. The Morgan fingerprint density at radius 2 is 1.06 bits per heavy atom. The lowest BCUT2D eigenvalue weighted by molar-refractivity contribution is 0.984. The van der Waals surface area contributed by atoms with Gasteiger partial charge in [-0.1, -0.05) is 74.9 Å². The van der Waals surface area contributed by atoms with E-state index in [1.54, 1.807) is 0 Å². The van der Waals surface area contributed by atoms with Gasteiger partial charge < -0.3 is 15.1 Å². The third-order valence-corrected chi connectivity index (χ3v) is 6.02. The van der Waals surface area contributed by atoms with Crippen molar-refractivity contribution in [2.24, 2.45) is 0 Å². The Bertz CT molecular complexity index is 1120. The summed E-state index contributed by atoms with van der Waals surface area (Å²) in [4.78, 5) is 4.28. The molecule has 0 aliphatic heterocycles. The molecule has 0 radical (unpaired) electrons. The number of hydrogen-bond donors (Lipinski definition) is 1. The lowest BCUT2D eigenvalue weighted by Crippen LogP contribution is -2.10. The van der Waals surface area contributed by atoms with Gasteiger partial charge in [0.2, 0.25) is 0 Å². The molecule has 0 bridgehead atoms. The van der Waals surface area contributed by atoms with Gasteiger partial charge in [0.05, 0.1) is 0 Å². The van der Waals surface area contributed by atoms with E-state index >= 15 is 0 Å². The van der Waals surface area contributed by atoms with Crippen LogP contribution in [-0.2, 0) is 0 Å². The van der Waals surface area contributed by atoms with Gasteiger partial charge in [-0.25, -0.2) is 0 Å². The quantitative estimate of drug-likeness (QED) is 0.303. The predicted octanol–water partition coefficient (Wildman–Crippen LogP) is 7.61. The highest BCUT2D eigenvalue weighted by atomic mass is 15.1. The molecule has 3 nitrogen and oxygen atoms in total. The van der Waals surface area contributed by atoms with Gasteiger partial charge in [-0.15, -0.1) is 0 Å². The molecule has 0 atom stereocenters. The first kappa shape index (κ1) is 25.2. The zero-order valence-electron chi connectivity index (χ0n) is 21.8. The van der Waals surface area contributed by atoms with Gasteiger partial charge in [-0.05, 0) is 52.4 Å². The second kappa shape index (κ2) is 11.6. The first-order valence-corrected chi connectivity index (χ1v) is 12.1. The highest BCUT2D eigenvalue weighted by molar-refractivity contribution is 5.97. The van der Waals surface area contributed by atoms with Crippen molar-refractivity contribution in [3.63, 3.8) is 0 Å². The first-order chi connectivity index (χ1) is 16.4. The van der Waals surface area contributed by atoms with Crippen LogP contribution in [0, 0.1) is 0 Å². The van der Waals surface area contributed by atoms with Gasteiger partial charge >= 0.3 is 0 Å². The second-order valence-corrected chi connectivity index (χ2v) is 9.11. The maximum Gasteiger partial charge on any atom is 0.0417 e. The lowest BCUT2D eigenvalue weighted by Gasteiger charge is -2.23. The van der Waals surface area contributed by atoms with Crippen molar-refractivity contribution < 1.29 is 0 Å². The summed E-state index contributed by atoms with van der Waals surface area (Å²) in [6, 6.07) is 31.1. The Kier molecular flexibility index (Phi) is 8.59. The number of hydrogen-bond acceptors (Lipinski definition) is 3. The molecule has 0 heterocycles. The van der Waals surface area contributed by atoms with Crippen LogP contribution < -0.4 is 15.1 Å². The topological polar surface area (TPSA) is 18.5 Å². The molecule has 0 saturated carbocycles. The average Bonchev–Trinajstić information content (AvgIpc) is 2.85. The Morgan fingerprint density at radius 1 is 0.618 bits per heavy atom. The highest BCUT2D eigenvalue weighted by Gasteiger charge is 2.20. The van der Waals surface area contributed by atoms with E-state index in [2.05, 4.69) is 142 Å². The van der Waals surface area contributed by atoms with E-state index in [4.69, 9.17) is 0 Å². The number of rotatable bonds is 6. The van der Waals surface area contributed by atoms with Gasteiger partial charge in [-0.2, -0.15) is 0 Å². The normalized spacial score (nSPS) is 10.6. The van der Waals surface area contributed by atoms with E-state index in [-0.39, 0.29) is 5.92 Å². The molecule has 178 valence electrons. The summed E-state index contributed by atoms with van der Waals surface area (Å²) < 4.78 is 0. The molecule has 3 heteroatoms. The smallest absolute Gasteiger partial charge is 0.0417 e. The van der Waals surface area contributed by atoms with E-state index < -0.39 is 0 Å². The monoisotopic (exact) mass is 453 g/mol. The van der Waals surface area contributed by atoms with Crippen molar-refractivity contribution >= 4 is 27.8 Å². The Labute approximate surface area is 206 Å². The molecule has 0 fully saturated rings. The molecule has 4 aromatic carbocycles. The molecular formula is C31H39N3. The Balaban J connectivity index is 0.00000103. The number of nitrogens with one attached hydrogen (secondary N) is 1. The standard InChI is InChI=1S/C28H31N3.C3H8/c1-29-27-19-18-26(24-8-6-7-9-25(24)27)28(20-10-14-22(15-11-20)30(2)3)21-12-16-23(17-13-21)31(4)5;1-3-2/h6-19,28-29H,1-5H3;3H2,1-2H3. The molecule has 4 aromatic rings. The molecule has 0 aliphatic rings. The zero-order valence-corrected chi connectivity index (χ0v) is 21.8. The minimum absolute atomic E-state index is 0.156. The SMILES string of the molecule is CCC.CNc1ccc(C(c2ccc(N(C)C)cc2)c2ccc(N(C)C)cc2)c2ccccc12. The van der Waals surface area contributed by atoms with Crippen LogP contribution in [0.3, 0.4) is 0 Å². The molecule has 0 spiro atoms. The summed E-state index contributed by atoms with van der Waals surface area (Å²) >= 11 is 0. The maximum atomic E-state index is 3.34. The number of anilines is 3. The molecule has 0 amide bonds. The Hall–Kier alpha value is -3.46. The first-order valence-electron chi connectivity index (χ1n) is 12.1. The van der Waals surface area contributed by atoms with Crippen LogP contribution in [0.15, 0.2) is 84.9 Å². The van der Waals surface area contributed by atoms with Crippen LogP contribution in [0.1, 0.15) is 42.9 Å². The van der Waals surface area contributed by atoms with Crippen molar-refractivity contribution in [2.45, 2.75) is 26.2 Å². The third-order valence-electron chi connectivity index (χ3n) is 6.02. The fourth-order valence-corrected chi connectivity index (χ4v) is 4.27. The number of nitrogens with zero attached hydrogens (tertiary/aromatic N) is 2. The van der Waals surface area contributed by atoms with E-state index in [9.17, 15) is 0 Å². The van der Waals surface area contributed by atoms with Crippen molar-refractivity contribution in [1.82, 2.24) is 0 Å². The van der Waals surface area contributed by atoms with E-state index in [0.29, 0.717) is 0 Å². The van der Waals surface area contributed by atoms with Crippen LogP contribution in [0.5, 0.6) is 0 Å².